The van der Waals surface area contributed by atoms with Crippen LogP contribution in [0.2, 0.25) is 5.02 Å². The molecule has 0 fully saturated rings. The number of halogens is 1. The Balaban J connectivity index is 1.69. The van der Waals surface area contributed by atoms with E-state index in [1.807, 2.05) is 41.9 Å². The van der Waals surface area contributed by atoms with E-state index in [0.717, 1.165) is 41.2 Å². The van der Waals surface area contributed by atoms with Gasteiger partial charge in [0.15, 0.2) is 0 Å². The van der Waals surface area contributed by atoms with E-state index in [2.05, 4.69) is 32.3 Å². The SMILES string of the molecule is CCCn1nccc1-c1cc(C(=O)NCc2cnc(C)cn2)cc(-c2ccc(Cl)cn2)c1. The summed E-state index contributed by atoms with van der Waals surface area (Å²) in [5.41, 5.74) is 5.45. The zero-order valence-electron chi connectivity index (χ0n) is 17.9. The number of pyridine rings is 1. The number of nitrogens with one attached hydrogen (secondary N) is 1. The second-order valence-electron chi connectivity index (χ2n) is 7.43. The van der Waals surface area contributed by atoms with Crippen molar-refractivity contribution in [2.75, 3.05) is 0 Å². The van der Waals surface area contributed by atoms with Crippen molar-refractivity contribution < 1.29 is 4.79 Å². The van der Waals surface area contributed by atoms with Gasteiger partial charge in [-0.05, 0) is 49.7 Å². The van der Waals surface area contributed by atoms with Gasteiger partial charge < -0.3 is 5.32 Å². The number of amides is 1. The quantitative estimate of drug-likeness (QED) is 0.444. The highest BCUT2D eigenvalue weighted by atomic mass is 35.5. The second-order valence-corrected chi connectivity index (χ2v) is 7.87. The third-order valence-electron chi connectivity index (χ3n) is 4.93. The lowest BCUT2D eigenvalue weighted by molar-refractivity contribution is 0.0950. The summed E-state index contributed by atoms with van der Waals surface area (Å²) in [5.74, 6) is -0.203. The predicted molar refractivity (Wildman–Crippen MR) is 124 cm³/mol. The molecule has 3 heterocycles. The Kier molecular flexibility index (Phi) is 6.56. The van der Waals surface area contributed by atoms with Crippen molar-refractivity contribution in [3.8, 4) is 22.5 Å². The molecule has 4 rings (SSSR count). The van der Waals surface area contributed by atoms with E-state index in [9.17, 15) is 4.79 Å². The summed E-state index contributed by atoms with van der Waals surface area (Å²) in [6.45, 7) is 5.06. The van der Waals surface area contributed by atoms with Crippen LogP contribution in [0.4, 0.5) is 0 Å². The molecule has 1 amide bonds. The molecule has 7 nitrogen and oxygen atoms in total. The third kappa shape index (κ3) is 5.00. The fourth-order valence-corrected chi connectivity index (χ4v) is 3.46. The van der Waals surface area contributed by atoms with Crippen LogP contribution >= 0.6 is 11.6 Å². The minimum atomic E-state index is -0.203. The van der Waals surface area contributed by atoms with Crippen LogP contribution < -0.4 is 5.32 Å². The van der Waals surface area contributed by atoms with Crippen molar-refractivity contribution in [1.29, 1.82) is 0 Å². The van der Waals surface area contributed by atoms with Crippen LogP contribution in [0.5, 0.6) is 0 Å². The summed E-state index contributed by atoms with van der Waals surface area (Å²) in [5, 5.41) is 7.91. The van der Waals surface area contributed by atoms with Crippen LogP contribution in [0.3, 0.4) is 0 Å². The van der Waals surface area contributed by atoms with Crippen LogP contribution in [0.25, 0.3) is 22.5 Å². The lowest BCUT2D eigenvalue weighted by Gasteiger charge is -2.12. The topological polar surface area (TPSA) is 85.6 Å². The maximum atomic E-state index is 13.0. The molecule has 4 aromatic rings. The van der Waals surface area contributed by atoms with Gasteiger partial charge in [-0.15, -0.1) is 0 Å². The molecule has 0 atom stereocenters. The zero-order valence-corrected chi connectivity index (χ0v) is 18.7. The van der Waals surface area contributed by atoms with Crippen LogP contribution in [0.15, 0.2) is 61.2 Å². The Morgan fingerprint density at radius 1 is 1.03 bits per heavy atom. The van der Waals surface area contributed by atoms with Crippen LogP contribution in [-0.4, -0.2) is 30.6 Å². The number of nitrogens with zero attached hydrogens (tertiary/aromatic N) is 5. The maximum absolute atomic E-state index is 13.0. The van der Waals surface area contributed by atoms with Gasteiger partial charge in [-0.1, -0.05) is 18.5 Å². The number of rotatable bonds is 7. The predicted octanol–water partition coefficient (Wildman–Crippen LogP) is 4.70. The largest absolute Gasteiger partial charge is 0.346 e. The standard InChI is InChI=1S/C24H23ClN6O/c1-3-8-31-23(6-7-30-31)18-9-17(22-5-4-20(25)13-28-22)10-19(11-18)24(32)29-15-21-14-26-16(2)12-27-21/h4-7,9-14H,3,8,15H2,1-2H3,(H,29,32). The van der Waals surface area contributed by atoms with Crippen molar-refractivity contribution >= 4 is 17.5 Å². The first-order valence-corrected chi connectivity index (χ1v) is 10.8. The van der Waals surface area contributed by atoms with E-state index < -0.39 is 0 Å². The Morgan fingerprint density at radius 3 is 2.59 bits per heavy atom. The minimum Gasteiger partial charge on any atom is -0.346 e. The van der Waals surface area contributed by atoms with E-state index in [1.54, 1.807) is 30.9 Å². The van der Waals surface area contributed by atoms with Crippen molar-refractivity contribution in [3.05, 3.63) is 83.2 Å². The van der Waals surface area contributed by atoms with Gasteiger partial charge in [0.1, 0.15) is 0 Å². The molecule has 0 bridgehead atoms. The maximum Gasteiger partial charge on any atom is 0.251 e. The molecule has 0 saturated heterocycles. The van der Waals surface area contributed by atoms with Gasteiger partial charge in [0, 0.05) is 41.8 Å². The van der Waals surface area contributed by atoms with Gasteiger partial charge in [-0.3, -0.25) is 24.4 Å². The van der Waals surface area contributed by atoms with Crippen molar-refractivity contribution in [2.45, 2.75) is 33.4 Å². The summed E-state index contributed by atoms with van der Waals surface area (Å²) in [6.07, 6.45) is 7.67. The molecule has 0 aliphatic rings. The lowest BCUT2D eigenvalue weighted by atomic mass is 10.0. The van der Waals surface area contributed by atoms with Crippen LogP contribution in [0, 0.1) is 6.92 Å². The average molecular weight is 447 g/mol. The Morgan fingerprint density at radius 2 is 1.88 bits per heavy atom. The molecule has 1 aromatic carbocycles. The molecule has 0 radical (unpaired) electrons. The number of benzene rings is 1. The van der Waals surface area contributed by atoms with Crippen molar-refractivity contribution in [2.24, 2.45) is 0 Å². The van der Waals surface area contributed by atoms with Gasteiger partial charge >= 0.3 is 0 Å². The molecule has 0 saturated carbocycles. The first-order chi connectivity index (χ1) is 15.5. The number of hydrogen-bond donors (Lipinski definition) is 1. The molecule has 0 aliphatic heterocycles. The van der Waals surface area contributed by atoms with E-state index in [1.165, 1.54) is 0 Å². The Bertz CT molecular complexity index is 1220. The monoisotopic (exact) mass is 446 g/mol. The van der Waals surface area contributed by atoms with Crippen molar-refractivity contribution in [1.82, 2.24) is 30.0 Å². The normalized spacial score (nSPS) is 10.8. The van der Waals surface area contributed by atoms with E-state index in [4.69, 9.17) is 11.6 Å². The van der Waals surface area contributed by atoms with Gasteiger partial charge in [0.05, 0.1) is 40.5 Å². The molecule has 3 aromatic heterocycles. The minimum absolute atomic E-state index is 0.203. The Labute approximate surface area is 191 Å². The molecular weight excluding hydrogens is 424 g/mol. The second kappa shape index (κ2) is 9.70. The molecule has 32 heavy (non-hydrogen) atoms. The smallest absolute Gasteiger partial charge is 0.251 e. The lowest BCUT2D eigenvalue weighted by Crippen LogP contribution is -2.23. The molecule has 162 valence electrons. The zero-order chi connectivity index (χ0) is 22.5. The highest BCUT2D eigenvalue weighted by Crippen LogP contribution is 2.28. The number of aromatic nitrogens is 5. The summed E-state index contributed by atoms with van der Waals surface area (Å²) >= 11 is 6.01. The summed E-state index contributed by atoms with van der Waals surface area (Å²) in [6, 6.07) is 11.3. The number of aryl methyl sites for hydroxylation is 2. The fraction of sp³-hybridized carbons (Fsp3) is 0.208. The van der Waals surface area contributed by atoms with Gasteiger partial charge in [-0.25, -0.2) is 0 Å². The first-order valence-electron chi connectivity index (χ1n) is 10.4. The van der Waals surface area contributed by atoms with E-state index >= 15 is 0 Å². The van der Waals surface area contributed by atoms with Crippen LogP contribution in [0.1, 0.15) is 35.1 Å². The molecule has 0 spiro atoms. The summed E-state index contributed by atoms with van der Waals surface area (Å²) in [7, 11) is 0. The Hall–Kier alpha value is -3.58. The number of hydrogen-bond acceptors (Lipinski definition) is 5. The average Bonchev–Trinajstić information content (AvgIpc) is 3.27. The molecule has 8 heteroatoms. The molecule has 1 N–H and O–H groups in total. The molecular formula is C24H23ClN6O. The number of carbonyl (C=O) groups excluding carboxylic acids is 1. The molecule has 0 unspecified atom stereocenters. The molecule has 0 aliphatic carbocycles. The van der Waals surface area contributed by atoms with E-state index in [-0.39, 0.29) is 5.91 Å². The van der Waals surface area contributed by atoms with Gasteiger partial charge in [-0.2, -0.15) is 5.10 Å². The van der Waals surface area contributed by atoms with E-state index in [0.29, 0.717) is 22.8 Å². The number of carbonyl (C=O) groups is 1. The summed E-state index contributed by atoms with van der Waals surface area (Å²) in [4.78, 5) is 26.0. The first kappa shape index (κ1) is 21.6. The highest BCUT2D eigenvalue weighted by Gasteiger charge is 2.14. The van der Waals surface area contributed by atoms with Gasteiger partial charge in [0.2, 0.25) is 0 Å². The fourth-order valence-electron chi connectivity index (χ4n) is 3.35. The highest BCUT2D eigenvalue weighted by molar-refractivity contribution is 6.30. The third-order valence-corrected chi connectivity index (χ3v) is 5.15. The summed E-state index contributed by atoms with van der Waals surface area (Å²) < 4.78 is 1.94. The van der Waals surface area contributed by atoms with Crippen LogP contribution in [-0.2, 0) is 13.1 Å². The van der Waals surface area contributed by atoms with Gasteiger partial charge in [0.25, 0.3) is 5.91 Å². The van der Waals surface area contributed by atoms with Crippen molar-refractivity contribution in [3.63, 3.8) is 0 Å².